The van der Waals surface area contributed by atoms with Crippen LogP contribution < -0.4 is 15.8 Å². The lowest BCUT2D eigenvalue weighted by Crippen LogP contribution is -2.24. The summed E-state index contributed by atoms with van der Waals surface area (Å²) in [5.74, 6) is 0.153. The first kappa shape index (κ1) is 14.8. The van der Waals surface area contributed by atoms with Gasteiger partial charge < -0.3 is 15.8 Å². The van der Waals surface area contributed by atoms with Gasteiger partial charge in [-0.05, 0) is 26.0 Å². The van der Waals surface area contributed by atoms with Crippen molar-refractivity contribution in [3.8, 4) is 5.75 Å². The van der Waals surface area contributed by atoms with E-state index in [-0.39, 0.29) is 5.91 Å². The van der Waals surface area contributed by atoms with E-state index in [0.717, 1.165) is 5.69 Å². The number of nitrogens with two attached hydrogens (primary N) is 1. The van der Waals surface area contributed by atoms with E-state index in [1.165, 1.54) is 0 Å². The fourth-order valence-electron chi connectivity index (χ4n) is 1.82. The molecule has 0 atom stereocenters. The zero-order valence-electron chi connectivity index (χ0n) is 12.1. The Morgan fingerprint density at radius 2 is 2.14 bits per heavy atom. The quantitative estimate of drug-likeness (QED) is 0.816. The number of carbonyl (C=O) groups is 1. The second-order valence-electron chi connectivity index (χ2n) is 4.49. The van der Waals surface area contributed by atoms with Gasteiger partial charge in [0, 0.05) is 6.20 Å². The first-order valence-corrected chi connectivity index (χ1v) is 6.68. The van der Waals surface area contributed by atoms with E-state index >= 15 is 0 Å². The van der Waals surface area contributed by atoms with Crippen molar-refractivity contribution in [3.63, 3.8) is 0 Å². The SMILES string of the molecule is CCOc1c(N)cccc1C(=O)NCc1cnc(C)cn1. The number of para-hydroxylation sites is 1. The molecule has 0 aliphatic rings. The average Bonchev–Trinajstić information content (AvgIpc) is 2.48. The number of carbonyl (C=O) groups excluding carboxylic acids is 1. The molecule has 110 valence electrons. The highest BCUT2D eigenvalue weighted by molar-refractivity contribution is 5.98. The van der Waals surface area contributed by atoms with Gasteiger partial charge in [0.1, 0.15) is 0 Å². The molecule has 0 aliphatic carbocycles. The van der Waals surface area contributed by atoms with E-state index < -0.39 is 0 Å². The van der Waals surface area contributed by atoms with E-state index in [1.807, 2.05) is 13.8 Å². The molecule has 0 radical (unpaired) electrons. The van der Waals surface area contributed by atoms with Crippen LogP contribution in [0, 0.1) is 6.92 Å². The van der Waals surface area contributed by atoms with Crippen molar-refractivity contribution in [1.82, 2.24) is 15.3 Å². The van der Waals surface area contributed by atoms with Crippen molar-refractivity contribution >= 4 is 11.6 Å². The molecule has 1 aromatic carbocycles. The van der Waals surface area contributed by atoms with Crippen molar-refractivity contribution in [3.05, 3.63) is 47.5 Å². The van der Waals surface area contributed by atoms with Crippen molar-refractivity contribution in [2.24, 2.45) is 0 Å². The van der Waals surface area contributed by atoms with Gasteiger partial charge in [-0.3, -0.25) is 14.8 Å². The highest BCUT2D eigenvalue weighted by atomic mass is 16.5. The van der Waals surface area contributed by atoms with Crippen LogP contribution in [0.15, 0.2) is 30.6 Å². The van der Waals surface area contributed by atoms with Crippen LogP contribution in [0.3, 0.4) is 0 Å². The Bertz CT molecular complexity index is 626. The number of amides is 1. The Kier molecular flexibility index (Phi) is 4.71. The summed E-state index contributed by atoms with van der Waals surface area (Å²) >= 11 is 0. The number of nitrogens with zero attached hydrogens (tertiary/aromatic N) is 2. The number of hydrogen-bond donors (Lipinski definition) is 2. The highest BCUT2D eigenvalue weighted by Crippen LogP contribution is 2.26. The van der Waals surface area contributed by atoms with Gasteiger partial charge in [0.25, 0.3) is 5.91 Å². The van der Waals surface area contributed by atoms with Gasteiger partial charge in [-0.15, -0.1) is 0 Å². The first-order chi connectivity index (χ1) is 10.1. The van der Waals surface area contributed by atoms with Crippen molar-refractivity contribution in [1.29, 1.82) is 0 Å². The normalized spacial score (nSPS) is 10.2. The topological polar surface area (TPSA) is 90.1 Å². The number of hydrogen-bond acceptors (Lipinski definition) is 5. The molecular weight excluding hydrogens is 268 g/mol. The van der Waals surface area contributed by atoms with E-state index in [9.17, 15) is 4.79 Å². The fraction of sp³-hybridized carbons (Fsp3) is 0.267. The van der Waals surface area contributed by atoms with Crippen LogP contribution in [0.4, 0.5) is 5.69 Å². The smallest absolute Gasteiger partial charge is 0.255 e. The Morgan fingerprint density at radius 3 is 2.81 bits per heavy atom. The third-order valence-corrected chi connectivity index (χ3v) is 2.84. The van der Waals surface area contributed by atoms with E-state index in [2.05, 4.69) is 15.3 Å². The number of aromatic nitrogens is 2. The largest absolute Gasteiger partial charge is 0.491 e. The summed E-state index contributed by atoms with van der Waals surface area (Å²) < 4.78 is 5.44. The van der Waals surface area contributed by atoms with Crippen LogP contribution in [0.1, 0.15) is 28.7 Å². The van der Waals surface area contributed by atoms with Gasteiger partial charge in [-0.2, -0.15) is 0 Å². The molecule has 0 unspecified atom stereocenters. The Hall–Kier alpha value is -2.63. The molecule has 2 aromatic rings. The molecule has 6 nitrogen and oxygen atoms in total. The van der Waals surface area contributed by atoms with E-state index in [0.29, 0.717) is 35.8 Å². The number of aryl methyl sites for hydroxylation is 1. The maximum atomic E-state index is 12.2. The van der Waals surface area contributed by atoms with Gasteiger partial charge in [0.05, 0.1) is 42.0 Å². The highest BCUT2D eigenvalue weighted by Gasteiger charge is 2.14. The number of ether oxygens (including phenoxy) is 1. The van der Waals surface area contributed by atoms with Crippen LogP contribution in [0.2, 0.25) is 0 Å². The van der Waals surface area contributed by atoms with Crippen molar-refractivity contribution in [2.75, 3.05) is 12.3 Å². The van der Waals surface area contributed by atoms with Crippen molar-refractivity contribution < 1.29 is 9.53 Å². The third kappa shape index (κ3) is 3.68. The molecule has 1 aromatic heterocycles. The van der Waals surface area contributed by atoms with Crippen LogP contribution in [-0.2, 0) is 6.54 Å². The van der Waals surface area contributed by atoms with E-state index in [1.54, 1.807) is 30.6 Å². The Balaban J connectivity index is 2.10. The molecule has 0 bridgehead atoms. The minimum absolute atomic E-state index is 0.256. The summed E-state index contributed by atoms with van der Waals surface area (Å²) in [6.07, 6.45) is 3.30. The molecule has 1 heterocycles. The minimum Gasteiger partial charge on any atom is -0.491 e. The van der Waals surface area contributed by atoms with Crippen LogP contribution in [-0.4, -0.2) is 22.5 Å². The lowest BCUT2D eigenvalue weighted by Gasteiger charge is -2.12. The maximum absolute atomic E-state index is 12.2. The predicted molar refractivity (Wildman–Crippen MR) is 80.0 cm³/mol. The van der Waals surface area contributed by atoms with Crippen LogP contribution in [0.5, 0.6) is 5.75 Å². The summed E-state index contributed by atoms with van der Waals surface area (Å²) in [6, 6.07) is 5.10. The zero-order chi connectivity index (χ0) is 15.2. The van der Waals surface area contributed by atoms with E-state index in [4.69, 9.17) is 10.5 Å². The monoisotopic (exact) mass is 286 g/mol. The summed E-state index contributed by atoms with van der Waals surface area (Å²) in [6.45, 7) is 4.44. The molecule has 0 saturated carbocycles. The number of benzene rings is 1. The summed E-state index contributed by atoms with van der Waals surface area (Å²) in [4.78, 5) is 20.6. The van der Waals surface area contributed by atoms with Gasteiger partial charge in [-0.1, -0.05) is 6.07 Å². The molecule has 0 spiro atoms. The summed E-state index contributed by atoms with van der Waals surface area (Å²) in [7, 11) is 0. The number of rotatable bonds is 5. The Labute approximate surface area is 123 Å². The third-order valence-electron chi connectivity index (χ3n) is 2.84. The Morgan fingerprint density at radius 1 is 1.33 bits per heavy atom. The number of nitrogens with one attached hydrogen (secondary N) is 1. The maximum Gasteiger partial charge on any atom is 0.255 e. The molecule has 0 saturated heterocycles. The van der Waals surface area contributed by atoms with Gasteiger partial charge in [0.2, 0.25) is 0 Å². The molecule has 2 rings (SSSR count). The first-order valence-electron chi connectivity index (χ1n) is 6.68. The van der Waals surface area contributed by atoms with Gasteiger partial charge >= 0.3 is 0 Å². The standard InChI is InChI=1S/C15H18N4O2/c1-3-21-14-12(5-4-6-13(14)16)15(20)19-9-11-8-17-10(2)7-18-11/h4-8H,3,9,16H2,1-2H3,(H,19,20). The van der Waals surface area contributed by atoms with Crippen molar-refractivity contribution in [2.45, 2.75) is 20.4 Å². The molecule has 3 N–H and O–H groups in total. The van der Waals surface area contributed by atoms with Gasteiger partial charge in [0.15, 0.2) is 5.75 Å². The van der Waals surface area contributed by atoms with Crippen LogP contribution in [0.25, 0.3) is 0 Å². The fourth-order valence-corrected chi connectivity index (χ4v) is 1.82. The molecular formula is C15H18N4O2. The molecule has 1 amide bonds. The zero-order valence-corrected chi connectivity index (χ0v) is 12.1. The second kappa shape index (κ2) is 6.69. The minimum atomic E-state index is -0.256. The lowest BCUT2D eigenvalue weighted by molar-refractivity contribution is 0.0946. The summed E-state index contributed by atoms with van der Waals surface area (Å²) in [5, 5.41) is 2.78. The molecule has 0 fully saturated rings. The number of nitrogen functional groups attached to an aromatic ring is 1. The van der Waals surface area contributed by atoms with Gasteiger partial charge in [-0.25, -0.2) is 0 Å². The molecule has 6 heteroatoms. The predicted octanol–water partition coefficient (Wildman–Crippen LogP) is 1.70. The summed E-state index contributed by atoms with van der Waals surface area (Å²) in [5.41, 5.74) is 8.22. The molecule has 21 heavy (non-hydrogen) atoms. The number of anilines is 1. The second-order valence-corrected chi connectivity index (χ2v) is 4.49. The molecule has 0 aliphatic heterocycles. The van der Waals surface area contributed by atoms with Crippen LogP contribution >= 0.6 is 0 Å². The lowest BCUT2D eigenvalue weighted by atomic mass is 10.1. The average molecular weight is 286 g/mol.